The van der Waals surface area contributed by atoms with Crippen LogP contribution in [0.25, 0.3) is 0 Å². The summed E-state index contributed by atoms with van der Waals surface area (Å²) >= 11 is 0. The Balaban J connectivity index is 1.56. The average Bonchev–Trinajstić information content (AvgIpc) is 3.09. The third-order valence-corrected chi connectivity index (χ3v) is 7.59. The van der Waals surface area contributed by atoms with Crippen molar-refractivity contribution in [1.82, 2.24) is 0 Å². The maximum absolute atomic E-state index is 12.6. The molecule has 0 aromatic heterocycles. The third kappa shape index (κ3) is 9.87. The number of carbonyl (C=O) groups is 1. The highest BCUT2D eigenvalue weighted by atomic mass is 32.2. The minimum absolute atomic E-state index is 0.101. The van der Waals surface area contributed by atoms with Crippen molar-refractivity contribution in [2.45, 2.75) is 121 Å². The molecule has 6 nitrogen and oxygen atoms in total. The molecule has 1 atom stereocenters. The van der Waals surface area contributed by atoms with Gasteiger partial charge in [-0.15, -0.1) is 0 Å². The summed E-state index contributed by atoms with van der Waals surface area (Å²) < 4.78 is 31.5. The van der Waals surface area contributed by atoms with Crippen molar-refractivity contribution in [2.24, 2.45) is 11.0 Å². The fourth-order valence-corrected chi connectivity index (χ4v) is 4.96. The molecule has 0 bridgehead atoms. The van der Waals surface area contributed by atoms with Crippen LogP contribution >= 0.6 is 0 Å². The van der Waals surface area contributed by atoms with E-state index in [9.17, 15) is 13.2 Å². The van der Waals surface area contributed by atoms with Gasteiger partial charge < -0.3 is 0 Å². The lowest BCUT2D eigenvalue weighted by atomic mass is 9.99. The number of rotatable bonds is 18. The molecule has 1 amide bonds. The number of carbonyl (C=O) groups excluding carboxylic acids is 1. The first-order valence-electron chi connectivity index (χ1n) is 13.3. The quantitative estimate of drug-likeness (QED) is 0.169. The molecule has 1 aliphatic heterocycles. The van der Waals surface area contributed by atoms with Crippen LogP contribution in [0.3, 0.4) is 0 Å². The highest BCUT2D eigenvalue weighted by Crippen LogP contribution is 2.27. The molecule has 1 aromatic carbocycles. The summed E-state index contributed by atoms with van der Waals surface area (Å²) in [7, 11) is -4.25. The van der Waals surface area contributed by atoms with Crippen molar-refractivity contribution in [1.29, 1.82) is 0 Å². The first-order valence-corrected chi connectivity index (χ1v) is 14.8. The van der Waals surface area contributed by atoms with Gasteiger partial charge in [0.05, 0.1) is 22.2 Å². The van der Waals surface area contributed by atoms with Crippen LogP contribution in [0.2, 0.25) is 0 Å². The van der Waals surface area contributed by atoms with E-state index < -0.39 is 10.1 Å². The molecule has 34 heavy (non-hydrogen) atoms. The number of nitrogens with zero attached hydrogens (tertiary/aromatic N) is 2. The van der Waals surface area contributed by atoms with Gasteiger partial charge in [-0.05, 0) is 44.0 Å². The van der Waals surface area contributed by atoms with E-state index in [1.807, 2.05) is 6.92 Å². The van der Waals surface area contributed by atoms with Gasteiger partial charge in [0.1, 0.15) is 0 Å². The summed E-state index contributed by atoms with van der Waals surface area (Å²) in [5, 5.41) is 5.85. The summed E-state index contributed by atoms with van der Waals surface area (Å²) in [4.78, 5) is 12.4. The molecule has 0 fully saturated rings. The second-order valence-corrected chi connectivity index (χ2v) is 11.1. The number of hydrogen-bond donors (Lipinski definition) is 1. The van der Waals surface area contributed by atoms with E-state index in [1.165, 1.54) is 113 Å². The van der Waals surface area contributed by atoms with Crippen molar-refractivity contribution >= 4 is 27.4 Å². The topological polar surface area (TPSA) is 87.0 Å². The van der Waals surface area contributed by atoms with E-state index in [-0.39, 0.29) is 16.7 Å². The second-order valence-electron chi connectivity index (χ2n) is 9.63. The molecule has 1 N–H and O–H groups in total. The molecule has 0 saturated carbocycles. The summed E-state index contributed by atoms with van der Waals surface area (Å²) in [6, 6.07) is 5.55. The molecule has 0 saturated heterocycles. The van der Waals surface area contributed by atoms with Gasteiger partial charge in [-0.25, -0.2) is 5.01 Å². The van der Waals surface area contributed by atoms with Crippen molar-refractivity contribution in [2.75, 3.05) is 5.01 Å². The van der Waals surface area contributed by atoms with E-state index >= 15 is 0 Å². The van der Waals surface area contributed by atoms with Crippen LogP contribution in [-0.4, -0.2) is 24.6 Å². The van der Waals surface area contributed by atoms with E-state index in [2.05, 4.69) is 12.0 Å². The van der Waals surface area contributed by atoms with Gasteiger partial charge in [0.2, 0.25) is 0 Å². The van der Waals surface area contributed by atoms with Gasteiger partial charge in [0.25, 0.3) is 16.0 Å². The Bertz CT molecular complexity index is 865. The Kier molecular flexibility index (Phi) is 12.8. The van der Waals surface area contributed by atoms with Gasteiger partial charge in [-0.2, -0.15) is 13.5 Å². The molecule has 1 heterocycles. The lowest BCUT2D eigenvalue weighted by molar-refractivity contribution is -0.119. The Morgan fingerprint density at radius 2 is 1.24 bits per heavy atom. The zero-order chi connectivity index (χ0) is 24.8. The zero-order valence-electron chi connectivity index (χ0n) is 21.2. The molecule has 192 valence electrons. The van der Waals surface area contributed by atoms with E-state index in [4.69, 9.17) is 4.55 Å². The highest BCUT2D eigenvalue weighted by Gasteiger charge is 2.32. The second kappa shape index (κ2) is 15.3. The van der Waals surface area contributed by atoms with Crippen molar-refractivity contribution in [3.8, 4) is 0 Å². The predicted molar refractivity (Wildman–Crippen MR) is 140 cm³/mol. The van der Waals surface area contributed by atoms with Crippen molar-refractivity contribution in [3.63, 3.8) is 0 Å². The van der Waals surface area contributed by atoms with Crippen LogP contribution < -0.4 is 5.01 Å². The SMILES string of the molecule is CCCCCCCCCCCCCCCCCC1=NN(c2ccc(S(=O)(=O)O)cc2)C(=O)C1C. The average molecular weight is 493 g/mol. The monoisotopic (exact) mass is 492 g/mol. The molecule has 1 aliphatic rings. The van der Waals surface area contributed by atoms with Crippen LogP contribution in [0.4, 0.5) is 5.69 Å². The Morgan fingerprint density at radius 1 is 0.794 bits per heavy atom. The van der Waals surface area contributed by atoms with E-state index in [1.54, 1.807) is 0 Å². The van der Waals surface area contributed by atoms with Gasteiger partial charge >= 0.3 is 0 Å². The largest absolute Gasteiger partial charge is 0.294 e. The molecule has 0 radical (unpaired) electrons. The normalized spacial score (nSPS) is 16.3. The number of hydrogen-bond acceptors (Lipinski definition) is 4. The Hall–Kier alpha value is -1.73. The Morgan fingerprint density at radius 3 is 1.68 bits per heavy atom. The number of unbranched alkanes of at least 4 members (excludes halogenated alkanes) is 14. The summed E-state index contributed by atoms with van der Waals surface area (Å²) in [5.41, 5.74) is 1.40. The first-order chi connectivity index (χ1) is 16.3. The summed E-state index contributed by atoms with van der Waals surface area (Å²) in [5.74, 6) is -0.358. The molecule has 0 spiro atoms. The van der Waals surface area contributed by atoms with Gasteiger partial charge in [-0.1, -0.05) is 96.8 Å². The van der Waals surface area contributed by atoms with Gasteiger partial charge in [-0.3, -0.25) is 9.35 Å². The molecule has 2 rings (SSSR count). The Labute approximate surface area is 207 Å². The highest BCUT2D eigenvalue weighted by molar-refractivity contribution is 7.85. The number of amides is 1. The maximum atomic E-state index is 12.6. The van der Waals surface area contributed by atoms with Crippen LogP contribution in [0, 0.1) is 5.92 Å². The molecular weight excluding hydrogens is 448 g/mol. The number of benzene rings is 1. The molecule has 7 heteroatoms. The van der Waals surface area contributed by atoms with Crippen LogP contribution in [0.5, 0.6) is 0 Å². The summed E-state index contributed by atoms with van der Waals surface area (Å²) in [6.45, 7) is 4.14. The lowest BCUT2D eigenvalue weighted by Gasteiger charge is -2.12. The predicted octanol–water partition coefficient (Wildman–Crippen LogP) is 7.53. The molecule has 0 aliphatic carbocycles. The first kappa shape index (κ1) is 28.5. The lowest BCUT2D eigenvalue weighted by Crippen LogP contribution is -2.25. The zero-order valence-corrected chi connectivity index (χ0v) is 22.0. The smallest absolute Gasteiger partial charge is 0.282 e. The van der Waals surface area contributed by atoms with Crippen LogP contribution in [-0.2, 0) is 14.9 Å². The fraction of sp³-hybridized carbons (Fsp3) is 0.704. The van der Waals surface area contributed by atoms with Crippen molar-refractivity contribution in [3.05, 3.63) is 24.3 Å². The standard InChI is InChI=1S/C27H44N2O4S/c1-3-4-5-6-7-8-9-10-11-12-13-14-15-16-17-18-26-23(2)27(30)29(28-26)24-19-21-25(22-20-24)34(31,32)33/h19-23H,3-18H2,1-2H3,(H,31,32,33). The van der Waals surface area contributed by atoms with Gasteiger partial charge in [0.15, 0.2) is 0 Å². The minimum atomic E-state index is -4.25. The van der Waals surface area contributed by atoms with Crippen LogP contribution in [0.1, 0.15) is 117 Å². The number of hydrazone groups is 1. The molecular formula is C27H44N2O4S. The third-order valence-electron chi connectivity index (χ3n) is 6.72. The molecule has 1 aromatic rings. The number of anilines is 1. The summed E-state index contributed by atoms with van der Waals surface area (Å²) in [6.07, 6.45) is 20.7. The maximum Gasteiger partial charge on any atom is 0.294 e. The van der Waals surface area contributed by atoms with E-state index in [0.29, 0.717) is 5.69 Å². The van der Waals surface area contributed by atoms with Gasteiger partial charge in [0, 0.05) is 0 Å². The van der Waals surface area contributed by atoms with Crippen molar-refractivity contribution < 1.29 is 17.8 Å². The molecule has 1 unspecified atom stereocenters. The minimum Gasteiger partial charge on any atom is -0.282 e. The van der Waals surface area contributed by atoms with E-state index in [0.717, 1.165) is 25.0 Å². The van der Waals surface area contributed by atoms with Crippen LogP contribution in [0.15, 0.2) is 34.3 Å². The fourth-order valence-electron chi connectivity index (χ4n) is 4.48.